The molecule has 158 valence electrons. The van der Waals surface area contributed by atoms with Gasteiger partial charge in [0.05, 0.1) is 12.1 Å². The van der Waals surface area contributed by atoms with E-state index in [1.807, 2.05) is 0 Å². The molecule has 1 aliphatic heterocycles. The predicted octanol–water partition coefficient (Wildman–Crippen LogP) is 2.26. The van der Waals surface area contributed by atoms with Gasteiger partial charge in [-0.3, -0.25) is 9.59 Å². The Morgan fingerprint density at radius 3 is 2.73 bits per heavy atom. The number of nitrogens with two attached hydrogens (primary N) is 1. The van der Waals surface area contributed by atoms with Gasteiger partial charge in [-0.15, -0.1) is 22.7 Å². The Labute approximate surface area is 181 Å². The van der Waals surface area contributed by atoms with Crippen LogP contribution in [0.1, 0.15) is 28.2 Å². The van der Waals surface area contributed by atoms with Crippen LogP contribution in [0.4, 0.5) is 5.13 Å². The number of nitrogens with one attached hydrogen (secondary N) is 2. The number of thiazole rings is 1. The zero-order valence-corrected chi connectivity index (χ0v) is 18.2. The third kappa shape index (κ3) is 4.31. The fraction of sp³-hybridized carbons (Fsp3) is 0.278. The molecule has 0 atom stereocenters. The molecule has 1 aliphatic rings. The van der Waals surface area contributed by atoms with E-state index in [-0.39, 0.29) is 22.2 Å². The summed E-state index contributed by atoms with van der Waals surface area (Å²) in [5, 5.41) is 4.90. The minimum Gasteiger partial charge on any atom is -0.364 e. The standard InChI is InChI=1S/C18H19N5O4S3/c19-17(25)13-7-11(9-20-13)14-10-28-18(21-14)22-15(24)8-12-3-4-16(29-12)30(26,27)23-5-1-2-6-23/h3-4,7,9-10,20H,1-2,5-6,8H2,(H2,19,25)(H,21,22,24). The van der Waals surface area contributed by atoms with E-state index >= 15 is 0 Å². The summed E-state index contributed by atoms with van der Waals surface area (Å²) in [5.74, 6) is -0.846. The normalized spacial score (nSPS) is 14.8. The number of primary amides is 1. The van der Waals surface area contributed by atoms with Crippen molar-refractivity contribution >= 4 is 49.6 Å². The molecule has 3 aromatic rings. The van der Waals surface area contributed by atoms with E-state index in [4.69, 9.17) is 5.73 Å². The van der Waals surface area contributed by atoms with Crippen molar-refractivity contribution in [1.82, 2.24) is 14.3 Å². The van der Waals surface area contributed by atoms with Crippen LogP contribution in [0.2, 0.25) is 0 Å². The molecular formula is C18H19N5O4S3. The maximum Gasteiger partial charge on any atom is 0.265 e. The summed E-state index contributed by atoms with van der Waals surface area (Å²) in [6, 6.07) is 4.83. The van der Waals surface area contributed by atoms with Crippen LogP contribution in [-0.2, 0) is 21.2 Å². The van der Waals surface area contributed by atoms with Gasteiger partial charge >= 0.3 is 0 Å². The van der Waals surface area contributed by atoms with Gasteiger partial charge in [0, 0.05) is 35.1 Å². The van der Waals surface area contributed by atoms with Gasteiger partial charge in [0.25, 0.3) is 15.9 Å². The Morgan fingerprint density at radius 1 is 1.27 bits per heavy atom. The van der Waals surface area contributed by atoms with Crippen molar-refractivity contribution in [1.29, 1.82) is 0 Å². The van der Waals surface area contributed by atoms with Crippen LogP contribution in [-0.4, -0.2) is 47.6 Å². The summed E-state index contributed by atoms with van der Waals surface area (Å²) in [5.41, 5.74) is 6.80. The SMILES string of the molecule is NC(=O)c1cc(-c2csc(NC(=O)Cc3ccc(S(=O)(=O)N4CCCC4)s3)n2)c[nH]1. The summed E-state index contributed by atoms with van der Waals surface area (Å²) < 4.78 is 27.0. The number of aromatic amines is 1. The number of aromatic nitrogens is 2. The van der Waals surface area contributed by atoms with Crippen LogP contribution < -0.4 is 11.1 Å². The smallest absolute Gasteiger partial charge is 0.265 e. The number of carbonyl (C=O) groups excluding carboxylic acids is 2. The van der Waals surface area contributed by atoms with Gasteiger partial charge in [-0.25, -0.2) is 13.4 Å². The number of hydrogen-bond acceptors (Lipinski definition) is 7. The maximum absolute atomic E-state index is 12.6. The molecule has 1 saturated heterocycles. The number of rotatable bonds is 7. The lowest BCUT2D eigenvalue weighted by Gasteiger charge is -2.13. The zero-order chi connectivity index (χ0) is 21.3. The first kappa shape index (κ1) is 20.7. The quantitative estimate of drug-likeness (QED) is 0.491. The average molecular weight is 466 g/mol. The highest BCUT2D eigenvalue weighted by molar-refractivity contribution is 7.91. The number of carbonyl (C=O) groups is 2. The lowest BCUT2D eigenvalue weighted by molar-refractivity contribution is -0.115. The van der Waals surface area contributed by atoms with Crippen LogP contribution in [0, 0.1) is 0 Å². The second-order valence-corrected chi connectivity index (χ2v) is 11.0. The van der Waals surface area contributed by atoms with E-state index < -0.39 is 15.9 Å². The van der Waals surface area contributed by atoms with Crippen LogP contribution >= 0.6 is 22.7 Å². The molecule has 0 unspecified atom stereocenters. The third-order valence-electron chi connectivity index (χ3n) is 4.63. The Morgan fingerprint density at radius 2 is 2.03 bits per heavy atom. The molecule has 12 heteroatoms. The minimum absolute atomic E-state index is 0.0606. The average Bonchev–Trinajstić information content (AvgIpc) is 3.46. The van der Waals surface area contributed by atoms with Crippen molar-refractivity contribution in [2.45, 2.75) is 23.5 Å². The molecule has 0 radical (unpaired) electrons. The van der Waals surface area contributed by atoms with Gasteiger partial charge in [0.1, 0.15) is 9.90 Å². The molecule has 0 bridgehead atoms. The lowest BCUT2D eigenvalue weighted by Crippen LogP contribution is -2.27. The van der Waals surface area contributed by atoms with Crippen molar-refractivity contribution in [3.63, 3.8) is 0 Å². The first-order valence-corrected chi connectivity index (χ1v) is 12.3. The monoisotopic (exact) mass is 465 g/mol. The van der Waals surface area contributed by atoms with Gasteiger partial charge in [0.15, 0.2) is 5.13 Å². The van der Waals surface area contributed by atoms with Gasteiger partial charge in [-0.1, -0.05) is 0 Å². The summed E-state index contributed by atoms with van der Waals surface area (Å²) in [7, 11) is -3.47. The highest BCUT2D eigenvalue weighted by atomic mass is 32.2. The third-order valence-corrected chi connectivity index (χ3v) is 8.83. The summed E-state index contributed by atoms with van der Waals surface area (Å²) in [6.45, 7) is 1.09. The molecule has 30 heavy (non-hydrogen) atoms. The van der Waals surface area contributed by atoms with E-state index in [1.54, 1.807) is 29.8 Å². The second kappa shape index (κ2) is 8.30. The van der Waals surface area contributed by atoms with Crippen molar-refractivity contribution in [2.24, 2.45) is 5.73 Å². The second-order valence-electron chi connectivity index (χ2n) is 6.76. The van der Waals surface area contributed by atoms with E-state index in [9.17, 15) is 18.0 Å². The summed E-state index contributed by atoms with van der Waals surface area (Å²) in [4.78, 5) is 31.3. The van der Waals surface area contributed by atoms with Gasteiger partial charge < -0.3 is 16.0 Å². The van der Waals surface area contributed by atoms with Gasteiger partial charge in [0.2, 0.25) is 5.91 Å². The van der Waals surface area contributed by atoms with E-state index in [0.717, 1.165) is 24.2 Å². The molecular weight excluding hydrogens is 446 g/mol. The predicted molar refractivity (Wildman–Crippen MR) is 115 cm³/mol. The van der Waals surface area contributed by atoms with Crippen molar-refractivity contribution in [3.05, 3.63) is 40.3 Å². The fourth-order valence-electron chi connectivity index (χ4n) is 3.12. The number of nitrogens with zero attached hydrogens (tertiary/aromatic N) is 2. The van der Waals surface area contributed by atoms with Crippen molar-refractivity contribution in [2.75, 3.05) is 18.4 Å². The van der Waals surface area contributed by atoms with Gasteiger partial charge in [-0.05, 0) is 31.0 Å². The highest BCUT2D eigenvalue weighted by Gasteiger charge is 2.28. The minimum atomic E-state index is -3.47. The molecule has 0 spiro atoms. The number of thiophene rings is 1. The first-order chi connectivity index (χ1) is 14.3. The molecule has 4 heterocycles. The molecule has 2 amide bonds. The molecule has 0 aliphatic carbocycles. The van der Waals surface area contributed by atoms with E-state index in [2.05, 4.69) is 15.3 Å². The lowest BCUT2D eigenvalue weighted by atomic mass is 10.2. The molecule has 0 aromatic carbocycles. The molecule has 4 N–H and O–H groups in total. The topological polar surface area (TPSA) is 138 Å². The number of sulfonamides is 1. The summed E-state index contributed by atoms with van der Waals surface area (Å²) >= 11 is 2.37. The van der Waals surface area contributed by atoms with Crippen molar-refractivity contribution < 1.29 is 18.0 Å². The number of amides is 2. The van der Waals surface area contributed by atoms with Gasteiger partial charge in [-0.2, -0.15) is 4.31 Å². The van der Waals surface area contributed by atoms with Crippen molar-refractivity contribution in [3.8, 4) is 11.3 Å². The summed E-state index contributed by atoms with van der Waals surface area (Å²) in [6.07, 6.45) is 3.43. The highest BCUT2D eigenvalue weighted by Crippen LogP contribution is 2.29. The number of anilines is 1. The Hall–Kier alpha value is -2.54. The molecule has 4 rings (SSSR count). The largest absolute Gasteiger partial charge is 0.364 e. The Balaban J connectivity index is 1.39. The fourth-order valence-corrected chi connectivity index (χ4v) is 6.88. The van der Waals surface area contributed by atoms with E-state index in [0.29, 0.717) is 34.4 Å². The Bertz CT molecular complexity index is 1190. The molecule has 3 aromatic heterocycles. The maximum atomic E-state index is 12.6. The van der Waals surface area contributed by atoms with E-state index in [1.165, 1.54) is 15.6 Å². The van der Waals surface area contributed by atoms with Crippen LogP contribution in [0.3, 0.4) is 0 Å². The molecule has 0 saturated carbocycles. The van der Waals surface area contributed by atoms with Crippen LogP contribution in [0.5, 0.6) is 0 Å². The van der Waals surface area contributed by atoms with Crippen LogP contribution in [0.15, 0.2) is 34.0 Å². The number of H-pyrrole nitrogens is 1. The molecule has 1 fully saturated rings. The number of hydrogen-bond donors (Lipinski definition) is 3. The van der Waals surface area contributed by atoms with Crippen LogP contribution in [0.25, 0.3) is 11.3 Å². The molecule has 9 nitrogen and oxygen atoms in total. The zero-order valence-electron chi connectivity index (χ0n) is 15.8. The Kier molecular flexibility index (Phi) is 5.73. The first-order valence-electron chi connectivity index (χ1n) is 9.16.